The lowest BCUT2D eigenvalue weighted by molar-refractivity contribution is -0.128. The van der Waals surface area contributed by atoms with Crippen molar-refractivity contribution in [1.29, 1.82) is 0 Å². The second-order valence-electron chi connectivity index (χ2n) is 6.92. The maximum Gasteiger partial charge on any atom is 0.251 e. The molecule has 6 nitrogen and oxygen atoms in total. The van der Waals surface area contributed by atoms with Gasteiger partial charge in [0.15, 0.2) is 0 Å². The fraction of sp³-hybridized carbons (Fsp3) is 0.364. The van der Waals surface area contributed by atoms with Crippen LogP contribution in [0.5, 0.6) is 11.5 Å². The summed E-state index contributed by atoms with van der Waals surface area (Å²) in [5.74, 6) is 1.43. The number of hydrogen-bond acceptors (Lipinski definition) is 4. The lowest BCUT2D eigenvalue weighted by Gasteiger charge is -2.19. The monoisotopic (exact) mass is 382 g/mol. The molecule has 1 atom stereocenters. The van der Waals surface area contributed by atoms with E-state index in [2.05, 4.69) is 5.32 Å². The second kappa shape index (κ2) is 8.78. The van der Waals surface area contributed by atoms with Gasteiger partial charge in [-0.25, -0.2) is 0 Å². The number of methoxy groups -OCH3 is 2. The average molecular weight is 382 g/mol. The molecule has 0 spiro atoms. The van der Waals surface area contributed by atoms with Crippen LogP contribution in [0.25, 0.3) is 0 Å². The van der Waals surface area contributed by atoms with Gasteiger partial charge in [-0.1, -0.05) is 12.1 Å². The van der Waals surface area contributed by atoms with Crippen LogP contribution in [0.15, 0.2) is 42.5 Å². The molecule has 28 heavy (non-hydrogen) atoms. The van der Waals surface area contributed by atoms with Crippen LogP contribution in [0.1, 0.15) is 47.3 Å². The highest BCUT2D eigenvalue weighted by molar-refractivity contribution is 5.94. The summed E-state index contributed by atoms with van der Waals surface area (Å²) in [5, 5.41) is 3.00. The Labute approximate surface area is 165 Å². The van der Waals surface area contributed by atoms with Crippen LogP contribution >= 0.6 is 0 Å². The van der Waals surface area contributed by atoms with Crippen LogP contribution in [0.2, 0.25) is 0 Å². The first-order valence-electron chi connectivity index (χ1n) is 9.41. The second-order valence-corrected chi connectivity index (χ2v) is 6.92. The molecule has 148 valence electrons. The quantitative estimate of drug-likeness (QED) is 0.798. The first-order valence-corrected chi connectivity index (χ1v) is 9.41. The Hall–Kier alpha value is -3.02. The lowest BCUT2D eigenvalue weighted by Crippen LogP contribution is -2.27. The van der Waals surface area contributed by atoms with Crippen molar-refractivity contribution in [3.63, 3.8) is 0 Å². The molecule has 0 aliphatic carbocycles. The molecule has 1 saturated heterocycles. The van der Waals surface area contributed by atoms with E-state index in [1.807, 2.05) is 42.2 Å². The van der Waals surface area contributed by atoms with E-state index in [1.54, 1.807) is 26.4 Å². The maximum atomic E-state index is 12.6. The van der Waals surface area contributed by atoms with Gasteiger partial charge in [0.2, 0.25) is 5.91 Å². The number of rotatable bonds is 7. The first-order chi connectivity index (χ1) is 13.5. The van der Waals surface area contributed by atoms with Gasteiger partial charge in [-0.2, -0.15) is 0 Å². The summed E-state index contributed by atoms with van der Waals surface area (Å²) in [7, 11) is 3.20. The molecule has 0 unspecified atom stereocenters. The van der Waals surface area contributed by atoms with E-state index in [0.29, 0.717) is 30.0 Å². The average Bonchev–Trinajstić information content (AvgIpc) is 3.12. The molecule has 1 aliphatic rings. The smallest absolute Gasteiger partial charge is 0.251 e. The van der Waals surface area contributed by atoms with E-state index in [1.165, 1.54) is 0 Å². The van der Waals surface area contributed by atoms with Gasteiger partial charge in [-0.05, 0) is 49.2 Å². The van der Waals surface area contributed by atoms with Crippen LogP contribution in [0.4, 0.5) is 0 Å². The summed E-state index contributed by atoms with van der Waals surface area (Å²) < 4.78 is 10.7. The van der Waals surface area contributed by atoms with Gasteiger partial charge in [0, 0.05) is 30.6 Å². The third kappa shape index (κ3) is 4.44. The fourth-order valence-corrected chi connectivity index (χ4v) is 3.39. The van der Waals surface area contributed by atoms with Gasteiger partial charge < -0.3 is 19.7 Å². The number of carbonyl (C=O) groups excluding carboxylic acids is 2. The predicted octanol–water partition coefficient (Wildman–Crippen LogP) is 3.32. The highest BCUT2D eigenvalue weighted by atomic mass is 16.5. The molecule has 1 N–H and O–H groups in total. The van der Waals surface area contributed by atoms with Gasteiger partial charge in [-0.15, -0.1) is 0 Å². The van der Waals surface area contributed by atoms with Crippen molar-refractivity contribution in [2.75, 3.05) is 20.8 Å². The highest BCUT2D eigenvalue weighted by Gasteiger charge is 2.20. The zero-order chi connectivity index (χ0) is 20.1. The van der Waals surface area contributed by atoms with Crippen molar-refractivity contribution in [2.45, 2.75) is 32.4 Å². The number of nitrogens with zero attached hydrogens (tertiary/aromatic N) is 1. The van der Waals surface area contributed by atoms with Crippen LogP contribution in [-0.4, -0.2) is 37.5 Å². The highest BCUT2D eigenvalue weighted by Crippen LogP contribution is 2.29. The molecule has 1 fully saturated rings. The number of benzene rings is 2. The van der Waals surface area contributed by atoms with Crippen LogP contribution in [0, 0.1) is 0 Å². The van der Waals surface area contributed by atoms with Crippen molar-refractivity contribution in [2.24, 2.45) is 0 Å². The normalized spacial score (nSPS) is 14.7. The molecule has 6 heteroatoms. The summed E-state index contributed by atoms with van der Waals surface area (Å²) in [5.41, 5.74) is 2.44. The van der Waals surface area contributed by atoms with Gasteiger partial charge >= 0.3 is 0 Å². The molecular weight excluding hydrogens is 356 g/mol. The molecule has 2 aromatic rings. The molecule has 0 bridgehead atoms. The minimum Gasteiger partial charge on any atom is -0.497 e. The number of ether oxygens (including phenoxy) is 2. The van der Waals surface area contributed by atoms with Gasteiger partial charge in [0.1, 0.15) is 11.5 Å². The standard InChI is InChI=1S/C22H26N2O4/c1-15(19-13-18(27-2)10-11-20(19)28-3)23-22(26)17-8-6-16(7-9-17)14-24-12-4-5-21(24)25/h6-11,13,15H,4-5,12,14H2,1-3H3,(H,23,26)/t15-/m1/s1. The van der Waals surface area contributed by atoms with Crippen molar-refractivity contribution >= 4 is 11.8 Å². The van der Waals surface area contributed by atoms with E-state index in [-0.39, 0.29) is 17.9 Å². The Morgan fingerprint density at radius 3 is 2.50 bits per heavy atom. The van der Waals surface area contributed by atoms with Crippen molar-refractivity contribution in [1.82, 2.24) is 10.2 Å². The number of amides is 2. The number of likely N-dealkylation sites (tertiary alicyclic amines) is 1. The molecule has 1 aliphatic heterocycles. The van der Waals surface area contributed by atoms with Crippen LogP contribution < -0.4 is 14.8 Å². The van der Waals surface area contributed by atoms with Gasteiger partial charge in [0.25, 0.3) is 5.91 Å². The minimum atomic E-state index is -0.251. The van der Waals surface area contributed by atoms with Crippen LogP contribution in [0.3, 0.4) is 0 Å². The largest absolute Gasteiger partial charge is 0.497 e. The summed E-state index contributed by atoms with van der Waals surface area (Å²) >= 11 is 0. The van der Waals surface area contributed by atoms with Crippen LogP contribution in [-0.2, 0) is 11.3 Å². The zero-order valence-electron chi connectivity index (χ0n) is 16.5. The third-order valence-corrected chi connectivity index (χ3v) is 5.01. The van der Waals surface area contributed by atoms with E-state index in [0.717, 1.165) is 24.1 Å². The molecule has 2 amide bonds. The lowest BCUT2D eigenvalue weighted by atomic mass is 10.1. The fourth-order valence-electron chi connectivity index (χ4n) is 3.39. The zero-order valence-corrected chi connectivity index (χ0v) is 16.5. The van der Waals surface area contributed by atoms with Crippen molar-refractivity contribution < 1.29 is 19.1 Å². The summed E-state index contributed by atoms with van der Waals surface area (Å²) in [4.78, 5) is 26.2. The van der Waals surface area contributed by atoms with Crippen molar-refractivity contribution in [3.05, 3.63) is 59.2 Å². The molecule has 1 heterocycles. The summed E-state index contributed by atoms with van der Waals surface area (Å²) in [6, 6.07) is 12.6. The molecule has 0 saturated carbocycles. The summed E-state index contributed by atoms with van der Waals surface area (Å²) in [6.45, 7) is 3.31. The summed E-state index contributed by atoms with van der Waals surface area (Å²) in [6.07, 6.45) is 1.55. The number of hydrogen-bond donors (Lipinski definition) is 1. The van der Waals surface area contributed by atoms with E-state index < -0.39 is 0 Å². The molecule has 2 aromatic carbocycles. The maximum absolute atomic E-state index is 12.6. The van der Waals surface area contributed by atoms with Gasteiger partial charge in [0.05, 0.1) is 20.3 Å². The molecule has 0 aromatic heterocycles. The predicted molar refractivity (Wildman–Crippen MR) is 107 cm³/mol. The SMILES string of the molecule is COc1ccc(OC)c([C@@H](C)NC(=O)c2ccc(CN3CCCC3=O)cc2)c1. The Kier molecular flexibility index (Phi) is 6.19. The van der Waals surface area contributed by atoms with E-state index >= 15 is 0 Å². The molecular formula is C22H26N2O4. The topological polar surface area (TPSA) is 67.9 Å². The van der Waals surface area contributed by atoms with E-state index in [9.17, 15) is 9.59 Å². The van der Waals surface area contributed by atoms with Gasteiger partial charge in [-0.3, -0.25) is 9.59 Å². The molecule has 3 rings (SSSR count). The Morgan fingerprint density at radius 2 is 1.89 bits per heavy atom. The number of carbonyl (C=O) groups is 2. The Morgan fingerprint density at radius 1 is 1.14 bits per heavy atom. The Balaban J connectivity index is 1.66. The number of nitrogens with one attached hydrogen (secondary N) is 1. The minimum absolute atomic E-state index is 0.166. The van der Waals surface area contributed by atoms with E-state index in [4.69, 9.17) is 9.47 Å². The van der Waals surface area contributed by atoms with Crippen molar-refractivity contribution in [3.8, 4) is 11.5 Å². The third-order valence-electron chi connectivity index (χ3n) is 5.01. The Bertz CT molecular complexity index is 848. The molecule has 0 radical (unpaired) electrons. The first kappa shape index (κ1) is 19.7.